The van der Waals surface area contributed by atoms with Crippen LogP contribution in [0.15, 0.2) is 23.1 Å². The number of nitrogens with one attached hydrogen (secondary N) is 1. The van der Waals surface area contributed by atoms with Gasteiger partial charge in [0.05, 0.1) is 11.4 Å². The minimum atomic E-state index is -3.52. The van der Waals surface area contributed by atoms with E-state index in [1.54, 1.807) is 12.1 Å². The van der Waals surface area contributed by atoms with Crippen molar-refractivity contribution in [3.8, 4) is 0 Å². The lowest BCUT2D eigenvalue weighted by atomic mass is 10.2. The molecule has 0 bridgehead atoms. The van der Waals surface area contributed by atoms with Gasteiger partial charge in [0, 0.05) is 27.2 Å². The molecule has 112 valence electrons. The van der Waals surface area contributed by atoms with Gasteiger partial charge in [-0.2, -0.15) is 0 Å². The van der Waals surface area contributed by atoms with Crippen molar-refractivity contribution in [1.29, 1.82) is 0 Å². The van der Waals surface area contributed by atoms with Gasteiger partial charge in [-0.3, -0.25) is 0 Å². The maximum Gasteiger partial charge on any atom is 0.244 e. The van der Waals surface area contributed by atoms with Gasteiger partial charge in [0.25, 0.3) is 0 Å². The Labute approximate surface area is 120 Å². The molecule has 0 unspecified atom stereocenters. The summed E-state index contributed by atoms with van der Waals surface area (Å²) < 4.78 is 25.6. The molecular formula is C13H22N4O2S. The molecular weight excluding hydrogens is 276 g/mol. The maximum absolute atomic E-state index is 12.2. The first-order chi connectivity index (χ1) is 9.43. The van der Waals surface area contributed by atoms with Gasteiger partial charge < -0.3 is 11.2 Å². The molecule has 7 heteroatoms. The highest BCUT2D eigenvalue weighted by atomic mass is 32.2. The highest BCUT2D eigenvalue weighted by Crippen LogP contribution is 2.28. The van der Waals surface area contributed by atoms with Gasteiger partial charge in [-0.05, 0) is 25.0 Å². The SMILES string of the molecule is CN(C)S(=O)(=O)c1cccc(NN2CCCCC2)c1N. The molecule has 0 amide bonds. The summed E-state index contributed by atoms with van der Waals surface area (Å²) in [5, 5.41) is 2.08. The number of para-hydroxylation sites is 1. The van der Waals surface area contributed by atoms with E-state index in [9.17, 15) is 8.42 Å². The van der Waals surface area contributed by atoms with E-state index < -0.39 is 10.0 Å². The standard InChI is InChI=1S/C13H22N4O2S/c1-16(2)20(18,19)12-8-6-7-11(13(12)14)15-17-9-4-3-5-10-17/h6-8,15H,3-5,9-10,14H2,1-2H3. The lowest BCUT2D eigenvalue weighted by Crippen LogP contribution is -2.35. The number of nitrogens with two attached hydrogens (primary N) is 1. The highest BCUT2D eigenvalue weighted by Gasteiger charge is 2.22. The summed E-state index contributed by atoms with van der Waals surface area (Å²) in [5.74, 6) is 0. The molecule has 0 radical (unpaired) electrons. The number of rotatable bonds is 4. The number of sulfonamides is 1. The van der Waals surface area contributed by atoms with Crippen LogP contribution in [0, 0.1) is 0 Å². The Morgan fingerprint density at radius 2 is 1.85 bits per heavy atom. The fraction of sp³-hybridized carbons (Fsp3) is 0.538. The Morgan fingerprint density at radius 3 is 2.45 bits per heavy atom. The molecule has 3 N–H and O–H groups in total. The van der Waals surface area contributed by atoms with E-state index in [0.717, 1.165) is 25.9 Å². The van der Waals surface area contributed by atoms with Crippen LogP contribution in [-0.2, 0) is 10.0 Å². The molecule has 0 saturated carbocycles. The van der Waals surface area contributed by atoms with Gasteiger partial charge in [0.15, 0.2) is 0 Å². The molecule has 20 heavy (non-hydrogen) atoms. The van der Waals surface area contributed by atoms with Crippen molar-refractivity contribution >= 4 is 21.4 Å². The molecule has 1 fully saturated rings. The molecule has 0 aromatic heterocycles. The molecule has 2 rings (SSSR count). The fourth-order valence-electron chi connectivity index (χ4n) is 2.24. The van der Waals surface area contributed by atoms with E-state index in [1.807, 2.05) is 0 Å². The Hall–Kier alpha value is -1.31. The number of hydrogen-bond acceptors (Lipinski definition) is 5. The van der Waals surface area contributed by atoms with Crippen LogP contribution in [0.1, 0.15) is 19.3 Å². The van der Waals surface area contributed by atoms with Crippen LogP contribution in [0.5, 0.6) is 0 Å². The monoisotopic (exact) mass is 298 g/mol. The van der Waals surface area contributed by atoms with E-state index in [0.29, 0.717) is 5.69 Å². The summed E-state index contributed by atoms with van der Waals surface area (Å²) in [7, 11) is -0.522. The number of benzene rings is 1. The third-order valence-corrected chi connectivity index (χ3v) is 5.33. The fourth-order valence-corrected chi connectivity index (χ4v) is 3.27. The topological polar surface area (TPSA) is 78.7 Å². The molecule has 1 aromatic carbocycles. The number of piperidine rings is 1. The van der Waals surface area contributed by atoms with Gasteiger partial charge in [0.1, 0.15) is 4.90 Å². The number of hydrazine groups is 1. The van der Waals surface area contributed by atoms with Crippen molar-refractivity contribution < 1.29 is 8.42 Å². The lowest BCUT2D eigenvalue weighted by Gasteiger charge is -2.28. The van der Waals surface area contributed by atoms with Crippen molar-refractivity contribution in [3.05, 3.63) is 18.2 Å². The van der Waals surface area contributed by atoms with Crippen LogP contribution in [0.2, 0.25) is 0 Å². The van der Waals surface area contributed by atoms with Crippen LogP contribution < -0.4 is 11.2 Å². The minimum absolute atomic E-state index is 0.143. The van der Waals surface area contributed by atoms with E-state index in [-0.39, 0.29) is 10.6 Å². The minimum Gasteiger partial charge on any atom is -0.396 e. The van der Waals surface area contributed by atoms with E-state index in [1.165, 1.54) is 30.9 Å². The predicted octanol–water partition coefficient (Wildman–Crippen LogP) is 1.33. The molecule has 1 saturated heterocycles. The molecule has 0 spiro atoms. The smallest absolute Gasteiger partial charge is 0.244 e. The summed E-state index contributed by atoms with van der Waals surface area (Å²) in [6.07, 6.45) is 3.52. The van der Waals surface area contributed by atoms with Crippen LogP contribution in [-0.4, -0.2) is 44.9 Å². The molecule has 1 heterocycles. The summed E-state index contributed by atoms with van der Waals surface area (Å²) >= 11 is 0. The Balaban J connectivity index is 2.27. The van der Waals surface area contributed by atoms with Crippen molar-refractivity contribution in [2.45, 2.75) is 24.2 Å². The zero-order chi connectivity index (χ0) is 14.8. The van der Waals surface area contributed by atoms with Crippen LogP contribution in [0.4, 0.5) is 11.4 Å². The quantitative estimate of drug-likeness (QED) is 0.820. The number of nitrogens with zero attached hydrogens (tertiary/aromatic N) is 2. The molecule has 1 aliphatic heterocycles. The zero-order valence-electron chi connectivity index (χ0n) is 12.0. The first-order valence-corrected chi connectivity index (χ1v) is 8.19. The first-order valence-electron chi connectivity index (χ1n) is 6.75. The number of hydrogen-bond donors (Lipinski definition) is 2. The van der Waals surface area contributed by atoms with Crippen molar-refractivity contribution in [3.63, 3.8) is 0 Å². The second-order valence-corrected chi connectivity index (χ2v) is 7.28. The first kappa shape index (κ1) is 15.1. The molecule has 0 atom stereocenters. The summed E-state index contributed by atoms with van der Waals surface area (Å²) in [5.41, 5.74) is 10.2. The van der Waals surface area contributed by atoms with E-state index in [4.69, 9.17) is 5.73 Å². The van der Waals surface area contributed by atoms with Crippen LogP contribution in [0.3, 0.4) is 0 Å². The van der Waals surface area contributed by atoms with Gasteiger partial charge in [-0.25, -0.2) is 17.7 Å². The van der Waals surface area contributed by atoms with Crippen molar-refractivity contribution in [1.82, 2.24) is 9.31 Å². The number of anilines is 2. The Morgan fingerprint density at radius 1 is 1.20 bits per heavy atom. The van der Waals surface area contributed by atoms with Crippen molar-refractivity contribution in [2.75, 3.05) is 38.3 Å². The largest absolute Gasteiger partial charge is 0.396 e. The highest BCUT2D eigenvalue weighted by molar-refractivity contribution is 7.89. The molecule has 0 aliphatic carbocycles. The molecule has 1 aromatic rings. The average molecular weight is 298 g/mol. The van der Waals surface area contributed by atoms with Gasteiger partial charge in [-0.1, -0.05) is 12.5 Å². The average Bonchev–Trinajstić information content (AvgIpc) is 2.42. The third kappa shape index (κ3) is 3.05. The lowest BCUT2D eigenvalue weighted by molar-refractivity contribution is 0.273. The predicted molar refractivity (Wildman–Crippen MR) is 80.8 cm³/mol. The van der Waals surface area contributed by atoms with Crippen molar-refractivity contribution in [2.24, 2.45) is 0 Å². The van der Waals surface area contributed by atoms with Crippen LogP contribution in [0.25, 0.3) is 0 Å². The Bertz CT molecular complexity index is 566. The number of nitrogen functional groups attached to an aromatic ring is 1. The zero-order valence-corrected chi connectivity index (χ0v) is 12.8. The second kappa shape index (κ2) is 5.99. The maximum atomic E-state index is 12.2. The van der Waals surface area contributed by atoms with Gasteiger partial charge >= 0.3 is 0 Å². The third-order valence-electron chi connectivity index (χ3n) is 3.46. The normalized spacial score (nSPS) is 17.4. The van der Waals surface area contributed by atoms with E-state index in [2.05, 4.69) is 10.4 Å². The Kier molecular flexibility index (Phi) is 4.52. The van der Waals surface area contributed by atoms with Gasteiger partial charge in [-0.15, -0.1) is 0 Å². The van der Waals surface area contributed by atoms with E-state index >= 15 is 0 Å². The van der Waals surface area contributed by atoms with Gasteiger partial charge in [0.2, 0.25) is 10.0 Å². The summed E-state index contributed by atoms with van der Waals surface area (Å²) in [6, 6.07) is 5.05. The summed E-state index contributed by atoms with van der Waals surface area (Å²) in [6.45, 7) is 1.90. The molecule has 1 aliphatic rings. The summed E-state index contributed by atoms with van der Waals surface area (Å²) in [4.78, 5) is 0.143. The molecule has 6 nitrogen and oxygen atoms in total. The van der Waals surface area contributed by atoms with Crippen LogP contribution >= 0.6 is 0 Å². The second-order valence-electron chi connectivity index (χ2n) is 5.16.